The summed E-state index contributed by atoms with van der Waals surface area (Å²) in [4.78, 5) is 4.00. The van der Waals surface area contributed by atoms with Crippen molar-refractivity contribution in [3.8, 4) is 0 Å². The Morgan fingerprint density at radius 1 is 1.64 bits per heavy atom. The van der Waals surface area contributed by atoms with Gasteiger partial charge in [0.1, 0.15) is 5.82 Å². The minimum Gasteiger partial charge on any atom is -0.384 e. The highest BCUT2D eigenvalue weighted by Gasteiger charge is 2.17. The zero-order chi connectivity index (χ0) is 9.97. The zero-order valence-corrected chi connectivity index (χ0v) is 9.25. The molecule has 4 nitrogen and oxygen atoms in total. The summed E-state index contributed by atoms with van der Waals surface area (Å²) in [5.74, 6) is 0.538. The molecule has 0 spiro atoms. The lowest BCUT2D eigenvalue weighted by Crippen LogP contribution is -2.34. The average Bonchev–Trinajstić information content (AvgIpc) is 2.23. The van der Waals surface area contributed by atoms with Gasteiger partial charge in [-0.2, -0.15) is 0 Å². The molecule has 1 fully saturated rings. The summed E-state index contributed by atoms with van der Waals surface area (Å²) in [6.45, 7) is 2.33. The SMILES string of the molecule is Nc1cc([C@H]2COCCN2)c(Br)cn1. The van der Waals surface area contributed by atoms with E-state index in [9.17, 15) is 0 Å². The van der Waals surface area contributed by atoms with E-state index >= 15 is 0 Å². The average molecular weight is 258 g/mol. The van der Waals surface area contributed by atoms with Gasteiger partial charge >= 0.3 is 0 Å². The van der Waals surface area contributed by atoms with Crippen molar-refractivity contribution in [2.75, 3.05) is 25.5 Å². The number of nitrogens with one attached hydrogen (secondary N) is 1. The van der Waals surface area contributed by atoms with Gasteiger partial charge in [-0.05, 0) is 27.6 Å². The van der Waals surface area contributed by atoms with Crippen molar-refractivity contribution >= 4 is 21.7 Å². The Labute approximate surface area is 91.0 Å². The molecule has 0 aliphatic carbocycles. The standard InChI is InChI=1S/C9H12BrN3O/c10-7-4-13-9(11)3-6(7)8-5-14-2-1-12-8/h3-4,8,12H,1-2,5H2,(H2,11,13)/t8-/m1/s1. The molecular formula is C9H12BrN3O. The van der Waals surface area contributed by atoms with Crippen molar-refractivity contribution in [3.05, 3.63) is 22.3 Å². The number of hydrogen-bond acceptors (Lipinski definition) is 4. The highest BCUT2D eigenvalue weighted by molar-refractivity contribution is 9.10. The first kappa shape index (κ1) is 9.89. The summed E-state index contributed by atoms with van der Waals surface area (Å²) in [5, 5.41) is 3.37. The highest BCUT2D eigenvalue weighted by atomic mass is 79.9. The molecule has 1 aromatic heterocycles. The van der Waals surface area contributed by atoms with Crippen LogP contribution in [0.2, 0.25) is 0 Å². The fourth-order valence-electron chi connectivity index (χ4n) is 1.50. The quantitative estimate of drug-likeness (QED) is 0.791. The molecule has 14 heavy (non-hydrogen) atoms. The predicted molar refractivity (Wildman–Crippen MR) is 57.9 cm³/mol. The number of nitrogen functional groups attached to an aromatic ring is 1. The number of morpholine rings is 1. The first-order valence-corrected chi connectivity index (χ1v) is 5.28. The molecule has 0 amide bonds. The van der Waals surface area contributed by atoms with E-state index < -0.39 is 0 Å². The normalized spacial score (nSPS) is 22.2. The van der Waals surface area contributed by atoms with E-state index in [1.165, 1.54) is 0 Å². The van der Waals surface area contributed by atoms with E-state index in [-0.39, 0.29) is 6.04 Å². The molecule has 1 aromatic rings. The largest absolute Gasteiger partial charge is 0.384 e. The monoisotopic (exact) mass is 257 g/mol. The molecular weight excluding hydrogens is 246 g/mol. The van der Waals surface area contributed by atoms with Crippen LogP contribution in [0.15, 0.2) is 16.7 Å². The molecule has 76 valence electrons. The first-order chi connectivity index (χ1) is 6.77. The van der Waals surface area contributed by atoms with Gasteiger partial charge in [0.25, 0.3) is 0 Å². The minimum absolute atomic E-state index is 0.212. The van der Waals surface area contributed by atoms with Gasteiger partial charge in [-0.3, -0.25) is 0 Å². The van der Waals surface area contributed by atoms with Crippen molar-refractivity contribution in [1.82, 2.24) is 10.3 Å². The molecule has 1 saturated heterocycles. The molecule has 1 aliphatic rings. The van der Waals surface area contributed by atoms with Crippen molar-refractivity contribution < 1.29 is 4.74 Å². The number of halogens is 1. The van der Waals surface area contributed by atoms with Crippen LogP contribution >= 0.6 is 15.9 Å². The number of rotatable bonds is 1. The van der Waals surface area contributed by atoms with Crippen LogP contribution in [0.5, 0.6) is 0 Å². The molecule has 0 radical (unpaired) electrons. The van der Waals surface area contributed by atoms with Crippen LogP contribution in [0.4, 0.5) is 5.82 Å². The summed E-state index contributed by atoms with van der Waals surface area (Å²) in [7, 11) is 0. The molecule has 1 atom stereocenters. The predicted octanol–water partition coefficient (Wildman–Crippen LogP) is 1.09. The number of hydrogen-bond donors (Lipinski definition) is 2. The molecule has 2 rings (SSSR count). The lowest BCUT2D eigenvalue weighted by molar-refractivity contribution is 0.0767. The van der Waals surface area contributed by atoms with Gasteiger partial charge in [0.15, 0.2) is 0 Å². The number of nitrogens with two attached hydrogens (primary N) is 1. The number of aromatic nitrogens is 1. The third-order valence-electron chi connectivity index (χ3n) is 2.20. The molecule has 2 heterocycles. The second-order valence-corrected chi connectivity index (χ2v) is 4.07. The van der Waals surface area contributed by atoms with Crippen LogP contribution in [-0.2, 0) is 4.74 Å². The smallest absolute Gasteiger partial charge is 0.123 e. The number of nitrogens with zero attached hydrogens (tertiary/aromatic N) is 1. The van der Waals surface area contributed by atoms with Crippen molar-refractivity contribution in [2.45, 2.75) is 6.04 Å². The van der Waals surface area contributed by atoms with Crippen LogP contribution in [-0.4, -0.2) is 24.7 Å². The first-order valence-electron chi connectivity index (χ1n) is 4.49. The number of anilines is 1. The maximum atomic E-state index is 5.63. The lowest BCUT2D eigenvalue weighted by Gasteiger charge is -2.24. The Balaban J connectivity index is 2.24. The van der Waals surface area contributed by atoms with E-state index in [1.807, 2.05) is 6.07 Å². The van der Waals surface area contributed by atoms with Crippen LogP contribution in [0, 0.1) is 0 Å². The summed E-state index contributed by atoms with van der Waals surface area (Å²) in [5.41, 5.74) is 6.74. The zero-order valence-electron chi connectivity index (χ0n) is 7.66. The molecule has 0 bridgehead atoms. The summed E-state index contributed by atoms with van der Waals surface area (Å²) in [6, 6.07) is 2.08. The molecule has 0 saturated carbocycles. The summed E-state index contributed by atoms with van der Waals surface area (Å²) >= 11 is 3.45. The topological polar surface area (TPSA) is 60.2 Å². The molecule has 0 aromatic carbocycles. The van der Waals surface area contributed by atoms with E-state index in [0.717, 1.165) is 23.2 Å². The van der Waals surface area contributed by atoms with Gasteiger partial charge in [0.2, 0.25) is 0 Å². The Kier molecular flexibility index (Phi) is 3.00. The van der Waals surface area contributed by atoms with Crippen molar-refractivity contribution in [2.24, 2.45) is 0 Å². The Hall–Kier alpha value is -0.650. The van der Waals surface area contributed by atoms with Crippen molar-refractivity contribution in [1.29, 1.82) is 0 Å². The van der Waals surface area contributed by atoms with Gasteiger partial charge in [0, 0.05) is 17.2 Å². The Morgan fingerprint density at radius 3 is 3.21 bits per heavy atom. The Bertz CT molecular complexity index is 326. The highest BCUT2D eigenvalue weighted by Crippen LogP contribution is 2.25. The summed E-state index contributed by atoms with van der Waals surface area (Å²) in [6.07, 6.45) is 1.72. The van der Waals surface area contributed by atoms with Gasteiger partial charge in [-0.15, -0.1) is 0 Å². The van der Waals surface area contributed by atoms with Gasteiger partial charge in [-0.25, -0.2) is 4.98 Å². The summed E-state index contributed by atoms with van der Waals surface area (Å²) < 4.78 is 6.35. The second kappa shape index (κ2) is 4.25. The fraction of sp³-hybridized carbons (Fsp3) is 0.444. The van der Waals surface area contributed by atoms with Crippen LogP contribution < -0.4 is 11.1 Å². The number of ether oxygens (including phenoxy) is 1. The third kappa shape index (κ3) is 2.05. The maximum absolute atomic E-state index is 5.63. The Morgan fingerprint density at radius 2 is 2.50 bits per heavy atom. The van der Waals surface area contributed by atoms with Gasteiger partial charge < -0.3 is 15.8 Å². The molecule has 0 unspecified atom stereocenters. The molecule has 3 N–H and O–H groups in total. The van der Waals surface area contributed by atoms with E-state index in [1.54, 1.807) is 6.20 Å². The van der Waals surface area contributed by atoms with Crippen LogP contribution in [0.25, 0.3) is 0 Å². The van der Waals surface area contributed by atoms with Crippen LogP contribution in [0.1, 0.15) is 11.6 Å². The van der Waals surface area contributed by atoms with Crippen LogP contribution in [0.3, 0.4) is 0 Å². The van der Waals surface area contributed by atoms with Crippen molar-refractivity contribution in [3.63, 3.8) is 0 Å². The van der Waals surface area contributed by atoms with E-state index in [2.05, 4.69) is 26.2 Å². The van der Waals surface area contributed by atoms with Gasteiger partial charge in [-0.1, -0.05) is 0 Å². The second-order valence-electron chi connectivity index (χ2n) is 3.21. The fourth-order valence-corrected chi connectivity index (χ4v) is 2.00. The van der Waals surface area contributed by atoms with Gasteiger partial charge in [0.05, 0.1) is 19.3 Å². The minimum atomic E-state index is 0.212. The van der Waals surface area contributed by atoms with E-state index in [4.69, 9.17) is 10.5 Å². The molecule has 5 heteroatoms. The number of pyridine rings is 1. The lowest BCUT2D eigenvalue weighted by atomic mass is 10.1. The third-order valence-corrected chi connectivity index (χ3v) is 2.87. The molecule has 1 aliphatic heterocycles. The van der Waals surface area contributed by atoms with E-state index in [0.29, 0.717) is 12.4 Å². The maximum Gasteiger partial charge on any atom is 0.123 e.